The zero-order chi connectivity index (χ0) is 13.3. The molecule has 5 N–H and O–H groups in total. The zero-order valence-corrected chi connectivity index (χ0v) is 10.2. The van der Waals surface area contributed by atoms with Crippen LogP contribution >= 0.6 is 0 Å². The molecule has 0 aromatic heterocycles. The van der Waals surface area contributed by atoms with Crippen LogP contribution in [0.1, 0.15) is 0 Å². The van der Waals surface area contributed by atoms with Crippen LogP contribution in [-0.2, 0) is 9.84 Å². The van der Waals surface area contributed by atoms with Gasteiger partial charge in [0.15, 0.2) is 0 Å². The third-order valence-electron chi connectivity index (χ3n) is 2.50. The van der Waals surface area contributed by atoms with Crippen LogP contribution in [0.25, 0.3) is 0 Å². The number of phenolic OH excluding ortho intramolecular Hbond substituents is 1. The molecule has 0 saturated carbocycles. The summed E-state index contributed by atoms with van der Waals surface area (Å²) >= 11 is 0. The lowest BCUT2D eigenvalue weighted by molar-refractivity contribution is 0.459. The lowest BCUT2D eigenvalue weighted by Gasteiger charge is -2.11. The lowest BCUT2D eigenvalue weighted by atomic mass is 10.3. The number of nitrogens with two attached hydrogens (primary N) is 2. The molecule has 18 heavy (non-hydrogen) atoms. The van der Waals surface area contributed by atoms with E-state index in [0.717, 1.165) is 0 Å². The van der Waals surface area contributed by atoms with Gasteiger partial charge in [0.2, 0.25) is 9.84 Å². The van der Waals surface area contributed by atoms with E-state index in [1.54, 1.807) is 6.07 Å². The van der Waals surface area contributed by atoms with Crippen molar-refractivity contribution in [2.75, 3.05) is 11.5 Å². The van der Waals surface area contributed by atoms with Crippen LogP contribution in [0.4, 0.5) is 11.4 Å². The van der Waals surface area contributed by atoms with Crippen molar-refractivity contribution in [2.24, 2.45) is 0 Å². The van der Waals surface area contributed by atoms with Crippen LogP contribution in [0, 0.1) is 0 Å². The summed E-state index contributed by atoms with van der Waals surface area (Å²) in [5.41, 5.74) is 11.4. The number of para-hydroxylation sites is 1. The zero-order valence-electron chi connectivity index (χ0n) is 9.37. The Labute approximate surface area is 105 Å². The van der Waals surface area contributed by atoms with Gasteiger partial charge in [-0.2, -0.15) is 0 Å². The van der Waals surface area contributed by atoms with E-state index in [9.17, 15) is 13.5 Å². The largest absolute Gasteiger partial charge is 0.507 e. The van der Waals surface area contributed by atoms with Gasteiger partial charge < -0.3 is 16.6 Å². The number of nitrogen functional groups attached to an aromatic ring is 2. The molecule has 0 saturated heterocycles. The van der Waals surface area contributed by atoms with Crippen molar-refractivity contribution < 1.29 is 13.5 Å². The van der Waals surface area contributed by atoms with E-state index in [-0.39, 0.29) is 26.9 Å². The maximum atomic E-state index is 12.4. The van der Waals surface area contributed by atoms with E-state index in [1.807, 2.05) is 0 Å². The number of sulfone groups is 1. The third kappa shape index (κ3) is 1.86. The molecule has 0 aliphatic rings. The molecule has 0 fully saturated rings. The molecule has 94 valence electrons. The van der Waals surface area contributed by atoms with Crippen molar-refractivity contribution in [2.45, 2.75) is 9.79 Å². The summed E-state index contributed by atoms with van der Waals surface area (Å²) in [6.07, 6.45) is 0. The minimum absolute atomic E-state index is 0.0539. The molecule has 0 aliphatic carbocycles. The molecule has 0 spiro atoms. The third-order valence-corrected chi connectivity index (χ3v) is 4.43. The summed E-state index contributed by atoms with van der Waals surface area (Å²) in [5.74, 6) is -0.333. The average molecular weight is 264 g/mol. The Morgan fingerprint density at radius 3 is 2.00 bits per heavy atom. The lowest BCUT2D eigenvalue weighted by Crippen LogP contribution is -2.09. The highest BCUT2D eigenvalue weighted by Crippen LogP contribution is 2.34. The van der Waals surface area contributed by atoms with Gasteiger partial charge in [0.05, 0.1) is 11.4 Å². The minimum atomic E-state index is -3.93. The molecular weight excluding hydrogens is 252 g/mol. The highest BCUT2D eigenvalue weighted by molar-refractivity contribution is 7.92. The van der Waals surface area contributed by atoms with E-state index in [0.29, 0.717) is 0 Å². The number of anilines is 2. The Morgan fingerprint density at radius 2 is 1.44 bits per heavy atom. The highest BCUT2D eigenvalue weighted by Gasteiger charge is 2.25. The molecule has 0 aliphatic heterocycles. The number of phenols is 1. The standard InChI is InChI=1S/C12H12N2O3S/c13-8-4-3-5-9(14)12(8)18(16,17)11-7-2-1-6-10(11)15/h1-7,15H,13-14H2. The van der Waals surface area contributed by atoms with Gasteiger partial charge >= 0.3 is 0 Å². The molecule has 0 amide bonds. The van der Waals surface area contributed by atoms with Gasteiger partial charge in [-0.05, 0) is 24.3 Å². The van der Waals surface area contributed by atoms with Crippen LogP contribution in [0.2, 0.25) is 0 Å². The molecule has 0 radical (unpaired) electrons. The predicted octanol–water partition coefficient (Wildman–Crippen LogP) is 1.39. The summed E-state index contributed by atoms with van der Waals surface area (Å²) in [5, 5.41) is 9.63. The van der Waals surface area contributed by atoms with Crippen molar-refractivity contribution in [3.05, 3.63) is 42.5 Å². The Morgan fingerprint density at radius 1 is 0.889 bits per heavy atom. The van der Waals surface area contributed by atoms with Crippen LogP contribution in [-0.4, -0.2) is 13.5 Å². The Bertz CT molecular complexity index is 676. The molecule has 0 heterocycles. The molecule has 5 nitrogen and oxygen atoms in total. The molecule has 2 rings (SSSR count). The van der Waals surface area contributed by atoms with Crippen molar-refractivity contribution in [1.82, 2.24) is 0 Å². The van der Waals surface area contributed by atoms with E-state index < -0.39 is 9.84 Å². The Balaban J connectivity index is 2.75. The highest BCUT2D eigenvalue weighted by atomic mass is 32.2. The summed E-state index contributed by atoms with van der Waals surface area (Å²) in [7, 11) is -3.93. The van der Waals surface area contributed by atoms with Crippen LogP contribution in [0.15, 0.2) is 52.3 Å². The average Bonchev–Trinajstić information content (AvgIpc) is 2.28. The number of rotatable bonds is 2. The predicted molar refractivity (Wildman–Crippen MR) is 68.8 cm³/mol. The molecule has 0 bridgehead atoms. The van der Waals surface area contributed by atoms with Gasteiger partial charge in [-0.15, -0.1) is 0 Å². The molecular formula is C12H12N2O3S. The van der Waals surface area contributed by atoms with Gasteiger partial charge in [0, 0.05) is 0 Å². The van der Waals surface area contributed by atoms with Gasteiger partial charge in [-0.25, -0.2) is 8.42 Å². The van der Waals surface area contributed by atoms with Gasteiger partial charge in [0.25, 0.3) is 0 Å². The van der Waals surface area contributed by atoms with E-state index in [4.69, 9.17) is 11.5 Å². The second kappa shape index (κ2) is 4.23. The molecule has 6 heteroatoms. The second-order valence-corrected chi connectivity index (χ2v) is 5.59. The first-order valence-electron chi connectivity index (χ1n) is 5.11. The summed E-state index contributed by atoms with van der Waals surface area (Å²) < 4.78 is 24.8. The topological polar surface area (TPSA) is 106 Å². The number of hydrogen-bond acceptors (Lipinski definition) is 5. The normalized spacial score (nSPS) is 11.3. The van der Waals surface area contributed by atoms with Crippen molar-refractivity contribution in [3.63, 3.8) is 0 Å². The summed E-state index contributed by atoms with van der Waals surface area (Å²) in [6, 6.07) is 10.1. The van der Waals surface area contributed by atoms with Crippen molar-refractivity contribution in [3.8, 4) is 5.75 Å². The van der Waals surface area contributed by atoms with Gasteiger partial charge in [-0.1, -0.05) is 18.2 Å². The van der Waals surface area contributed by atoms with Crippen LogP contribution in [0.5, 0.6) is 5.75 Å². The maximum Gasteiger partial charge on any atom is 0.214 e. The van der Waals surface area contributed by atoms with Crippen molar-refractivity contribution >= 4 is 21.2 Å². The monoisotopic (exact) mass is 264 g/mol. The van der Waals surface area contributed by atoms with E-state index in [1.165, 1.54) is 36.4 Å². The Kier molecular flexibility index (Phi) is 2.88. The summed E-state index contributed by atoms with van der Waals surface area (Å²) in [4.78, 5) is -0.388. The molecule has 0 atom stereocenters. The number of benzene rings is 2. The minimum Gasteiger partial charge on any atom is -0.507 e. The Hall–Kier alpha value is -2.21. The fraction of sp³-hybridized carbons (Fsp3) is 0. The fourth-order valence-corrected chi connectivity index (χ4v) is 3.26. The van der Waals surface area contributed by atoms with Gasteiger partial charge in [0.1, 0.15) is 15.5 Å². The maximum absolute atomic E-state index is 12.4. The molecule has 2 aromatic rings. The van der Waals surface area contributed by atoms with E-state index in [2.05, 4.69) is 0 Å². The first-order valence-corrected chi connectivity index (χ1v) is 6.60. The van der Waals surface area contributed by atoms with E-state index >= 15 is 0 Å². The van der Waals surface area contributed by atoms with Crippen LogP contribution < -0.4 is 11.5 Å². The SMILES string of the molecule is Nc1cccc(N)c1S(=O)(=O)c1ccccc1O. The first-order chi connectivity index (χ1) is 8.44. The smallest absolute Gasteiger partial charge is 0.214 e. The second-order valence-electron chi connectivity index (χ2n) is 3.74. The quantitative estimate of drug-likeness (QED) is 0.710. The van der Waals surface area contributed by atoms with Gasteiger partial charge in [-0.3, -0.25) is 0 Å². The van der Waals surface area contributed by atoms with Crippen molar-refractivity contribution in [1.29, 1.82) is 0 Å². The fourth-order valence-electron chi connectivity index (χ4n) is 1.68. The number of hydrogen-bond donors (Lipinski definition) is 3. The first kappa shape index (κ1) is 12.3. The summed E-state index contributed by atoms with van der Waals surface area (Å²) in [6.45, 7) is 0. The van der Waals surface area contributed by atoms with Crippen LogP contribution in [0.3, 0.4) is 0 Å². The molecule has 2 aromatic carbocycles. The molecule has 0 unspecified atom stereocenters. The number of aromatic hydroxyl groups is 1.